The normalized spacial score (nSPS) is 19.2. The maximum Gasteiger partial charge on any atom is 0.126 e. The molecule has 1 aliphatic rings. The van der Waals surface area contributed by atoms with Gasteiger partial charge in [0.1, 0.15) is 17.3 Å². The zero-order chi connectivity index (χ0) is 13.9. The first-order valence-corrected chi connectivity index (χ1v) is 6.78. The molecule has 1 fully saturated rings. The summed E-state index contributed by atoms with van der Waals surface area (Å²) < 4.78 is 28.1. The molecular formula is C14H16F2N4. The van der Waals surface area contributed by atoms with E-state index in [2.05, 4.69) is 15.6 Å². The van der Waals surface area contributed by atoms with E-state index < -0.39 is 11.6 Å². The lowest BCUT2D eigenvalue weighted by Gasteiger charge is -2.22. The lowest BCUT2D eigenvalue weighted by Crippen LogP contribution is -2.32. The van der Waals surface area contributed by atoms with Gasteiger partial charge in [0, 0.05) is 18.2 Å². The average Bonchev–Trinajstić information content (AvgIpc) is 2.87. The first-order valence-electron chi connectivity index (χ1n) is 6.78. The van der Waals surface area contributed by atoms with Gasteiger partial charge < -0.3 is 5.32 Å². The minimum Gasteiger partial charge on any atom is -0.316 e. The predicted molar refractivity (Wildman–Crippen MR) is 71.0 cm³/mol. The van der Waals surface area contributed by atoms with Gasteiger partial charge in [0.25, 0.3) is 0 Å². The van der Waals surface area contributed by atoms with Crippen LogP contribution in [0.4, 0.5) is 8.78 Å². The standard InChI is InChI=1S/C14H16F2N4/c15-12-4-11(5-13(16)6-12)14-9-20(19-18-14)8-10-2-1-3-17-7-10/h4-6,9-10,17H,1-3,7-8H2. The number of benzene rings is 1. The van der Waals surface area contributed by atoms with Crippen molar-refractivity contribution < 1.29 is 8.78 Å². The fraction of sp³-hybridized carbons (Fsp3) is 0.429. The van der Waals surface area contributed by atoms with Gasteiger partial charge >= 0.3 is 0 Å². The van der Waals surface area contributed by atoms with E-state index in [0.717, 1.165) is 32.1 Å². The summed E-state index contributed by atoms with van der Waals surface area (Å²) in [6, 6.07) is 3.38. The molecule has 1 aliphatic heterocycles. The Bertz CT molecular complexity index is 570. The van der Waals surface area contributed by atoms with Crippen LogP contribution in [0.1, 0.15) is 12.8 Å². The Labute approximate surface area is 115 Å². The third kappa shape index (κ3) is 3.01. The largest absolute Gasteiger partial charge is 0.316 e. The molecule has 1 atom stereocenters. The predicted octanol–water partition coefficient (Wildman–Crippen LogP) is 2.22. The van der Waals surface area contributed by atoms with E-state index in [1.165, 1.54) is 18.6 Å². The Kier molecular flexibility index (Phi) is 3.73. The third-order valence-electron chi connectivity index (χ3n) is 3.54. The Balaban J connectivity index is 1.75. The summed E-state index contributed by atoms with van der Waals surface area (Å²) >= 11 is 0. The lowest BCUT2D eigenvalue weighted by molar-refractivity contribution is 0.322. The summed E-state index contributed by atoms with van der Waals surface area (Å²) in [5, 5.41) is 11.4. The van der Waals surface area contributed by atoms with E-state index in [0.29, 0.717) is 17.2 Å². The molecular weight excluding hydrogens is 262 g/mol. The van der Waals surface area contributed by atoms with Gasteiger partial charge in [-0.05, 0) is 44.0 Å². The van der Waals surface area contributed by atoms with Crippen LogP contribution in [-0.4, -0.2) is 28.1 Å². The number of aromatic nitrogens is 3. The van der Waals surface area contributed by atoms with Crippen LogP contribution in [0.5, 0.6) is 0 Å². The topological polar surface area (TPSA) is 42.7 Å². The fourth-order valence-corrected chi connectivity index (χ4v) is 2.57. The summed E-state index contributed by atoms with van der Waals surface area (Å²) in [7, 11) is 0. The Hall–Kier alpha value is -1.82. The summed E-state index contributed by atoms with van der Waals surface area (Å²) in [6.45, 7) is 2.82. The number of rotatable bonds is 3. The second-order valence-electron chi connectivity index (χ2n) is 5.20. The van der Waals surface area contributed by atoms with E-state index in [9.17, 15) is 8.78 Å². The highest BCUT2D eigenvalue weighted by Gasteiger charge is 2.15. The molecule has 0 radical (unpaired) electrons. The highest BCUT2D eigenvalue weighted by atomic mass is 19.1. The number of piperidine rings is 1. The van der Waals surface area contributed by atoms with Gasteiger partial charge in [0.2, 0.25) is 0 Å². The molecule has 2 aromatic rings. The SMILES string of the molecule is Fc1cc(F)cc(-c2cn(CC3CCCNC3)nn2)c1. The van der Waals surface area contributed by atoms with Gasteiger partial charge in [0.05, 0.1) is 6.20 Å². The Morgan fingerprint density at radius 3 is 2.75 bits per heavy atom. The van der Waals surface area contributed by atoms with Crippen molar-refractivity contribution in [1.82, 2.24) is 20.3 Å². The molecule has 3 rings (SSSR count). The van der Waals surface area contributed by atoms with Crippen molar-refractivity contribution in [2.45, 2.75) is 19.4 Å². The zero-order valence-corrected chi connectivity index (χ0v) is 11.0. The van der Waals surface area contributed by atoms with E-state index in [1.807, 2.05) is 0 Å². The summed E-state index contributed by atoms with van der Waals surface area (Å²) in [5.41, 5.74) is 0.905. The maximum absolute atomic E-state index is 13.2. The molecule has 0 spiro atoms. The molecule has 0 bridgehead atoms. The zero-order valence-electron chi connectivity index (χ0n) is 11.0. The number of hydrogen-bond acceptors (Lipinski definition) is 3. The van der Waals surface area contributed by atoms with Crippen molar-refractivity contribution in [1.29, 1.82) is 0 Å². The summed E-state index contributed by atoms with van der Waals surface area (Å²) in [5.74, 6) is -0.681. The number of hydrogen-bond donors (Lipinski definition) is 1. The molecule has 20 heavy (non-hydrogen) atoms. The molecule has 1 saturated heterocycles. The minimum absolute atomic E-state index is 0.413. The molecule has 0 amide bonds. The van der Waals surface area contributed by atoms with Crippen LogP contribution in [-0.2, 0) is 6.54 Å². The van der Waals surface area contributed by atoms with Gasteiger partial charge in [0.15, 0.2) is 0 Å². The maximum atomic E-state index is 13.2. The average molecular weight is 278 g/mol. The number of halogens is 2. The van der Waals surface area contributed by atoms with Crippen molar-refractivity contribution in [2.75, 3.05) is 13.1 Å². The van der Waals surface area contributed by atoms with Crippen molar-refractivity contribution in [3.05, 3.63) is 36.0 Å². The van der Waals surface area contributed by atoms with Gasteiger partial charge in [-0.15, -0.1) is 5.10 Å². The molecule has 106 valence electrons. The Morgan fingerprint density at radius 1 is 1.25 bits per heavy atom. The quantitative estimate of drug-likeness (QED) is 0.936. The summed E-state index contributed by atoms with van der Waals surface area (Å²) in [6.07, 6.45) is 4.07. The molecule has 2 heterocycles. The molecule has 6 heteroatoms. The first kappa shape index (κ1) is 13.2. The van der Waals surface area contributed by atoms with Crippen LogP contribution >= 0.6 is 0 Å². The molecule has 1 aromatic heterocycles. The van der Waals surface area contributed by atoms with E-state index in [4.69, 9.17) is 0 Å². The summed E-state index contributed by atoms with van der Waals surface area (Å²) in [4.78, 5) is 0. The fourth-order valence-electron chi connectivity index (χ4n) is 2.57. The number of nitrogens with zero attached hydrogens (tertiary/aromatic N) is 3. The molecule has 1 N–H and O–H groups in total. The van der Waals surface area contributed by atoms with E-state index in [-0.39, 0.29) is 0 Å². The van der Waals surface area contributed by atoms with Gasteiger partial charge in [-0.3, -0.25) is 4.68 Å². The Morgan fingerprint density at radius 2 is 2.05 bits per heavy atom. The van der Waals surface area contributed by atoms with Gasteiger partial charge in [-0.2, -0.15) is 0 Å². The highest BCUT2D eigenvalue weighted by molar-refractivity contribution is 5.57. The minimum atomic E-state index is -0.606. The monoisotopic (exact) mass is 278 g/mol. The van der Waals surface area contributed by atoms with Crippen LogP contribution in [0.15, 0.2) is 24.4 Å². The molecule has 1 unspecified atom stereocenters. The van der Waals surface area contributed by atoms with Crippen molar-refractivity contribution in [3.63, 3.8) is 0 Å². The van der Waals surface area contributed by atoms with Crippen LogP contribution in [0, 0.1) is 17.6 Å². The number of nitrogens with one attached hydrogen (secondary N) is 1. The smallest absolute Gasteiger partial charge is 0.126 e. The lowest BCUT2D eigenvalue weighted by atomic mass is 10.00. The molecule has 4 nitrogen and oxygen atoms in total. The molecule has 1 aromatic carbocycles. The van der Waals surface area contributed by atoms with Crippen molar-refractivity contribution in [2.24, 2.45) is 5.92 Å². The van der Waals surface area contributed by atoms with E-state index in [1.54, 1.807) is 10.9 Å². The van der Waals surface area contributed by atoms with E-state index >= 15 is 0 Å². The van der Waals surface area contributed by atoms with Gasteiger partial charge in [-0.25, -0.2) is 8.78 Å². The highest BCUT2D eigenvalue weighted by Crippen LogP contribution is 2.20. The van der Waals surface area contributed by atoms with Crippen LogP contribution in [0.25, 0.3) is 11.3 Å². The van der Waals surface area contributed by atoms with Crippen LogP contribution in [0.3, 0.4) is 0 Å². The third-order valence-corrected chi connectivity index (χ3v) is 3.54. The van der Waals surface area contributed by atoms with Crippen molar-refractivity contribution in [3.8, 4) is 11.3 Å². The molecule has 0 aliphatic carbocycles. The van der Waals surface area contributed by atoms with Crippen LogP contribution < -0.4 is 5.32 Å². The van der Waals surface area contributed by atoms with Gasteiger partial charge in [-0.1, -0.05) is 5.21 Å². The molecule has 0 saturated carbocycles. The first-order chi connectivity index (χ1) is 9.70. The second-order valence-corrected chi connectivity index (χ2v) is 5.20. The van der Waals surface area contributed by atoms with Crippen molar-refractivity contribution >= 4 is 0 Å². The second kappa shape index (κ2) is 5.66. The van der Waals surface area contributed by atoms with Crippen LogP contribution in [0.2, 0.25) is 0 Å².